The molecule has 0 saturated carbocycles. The molecule has 0 amide bonds. The third-order valence-electron chi connectivity index (χ3n) is 2.41. The van der Waals surface area contributed by atoms with E-state index in [9.17, 15) is 8.42 Å². The van der Waals surface area contributed by atoms with E-state index >= 15 is 0 Å². The van der Waals surface area contributed by atoms with Crippen molar-refractivity contribution in [2.75, 3.05) is 38.3 Å². The van der Waals surface area contributed by atoms with Crippen LogP contribution in [0.3, 0.4) is 0 Å². The normalized spacial score (nSPS) is 11.4. The highest BCUT2D eigenvalue weighted by Crippen LogP contribution is 2.13. The van der Waals surface area contributed by atoms with Crippen molar-refractivity contribution < 1.29 is 17.6 Å². The maximum absolute atomic E-state index is 12.0. The van der Waals surface area contributed by atoms with Crippen LogP contribution in [-0.2, 0) is 21.3 Å². The third kappa shape index (κ3) is 7.02. The molecule has 1 rings (SSSR count). The van der Waals surface area contributed by atoms with Gasteiger partial charge in [-0.2, -0.15) is 0 Å². The maximum Gasteiger partial charge on any atom is 0.273 e. The molecule has 0 aliphatic rings. The van der Waals surface area contributed by atoms with E-state index in [0.717, 1.165) is 0 Å². The standard InChI is InChI=1S/C13H20N2O4S2/c1-3-9-20-10-7-15-21(16,17)13-5-4-12(19-13)11-14-6-8-18-2/h1,4-5,14-15H,6-11H2,2H3. The predicted molar refractivity (Wildman–Crippen MR) is 83.6 cm³/mol. The van der Waals surface area contributed by atoms with Gasteiger partial charge in [-0.1, -0.05) is 5.92 Å². The molecule has 118 valence electrons. The molecular formula is C13H20N2O4S2. The first-order chi connectivity index (χ1) is 10.1. The van der Waals surface area contributed by atoms with E-state index in [0.29, 0.717) is 43.5 Å². The van der Waals surface area contributed by atoms with Gasteiger partial charge in [-0.3, -0.25) is 0 Å². The summed E-state index contributed by atoms with van der Waals surface area (Å²) >= 11 is 1.49. The van der Waals surface area contributed by atoms with Crippen molar-refractivity contribution in [3.63, 3.8) is 0 Å². The van der Waals surface area contributed by atoms with Crippen molar-refractivity contribution in [3.8, 4) is 12.3 Å². The number of ether oxygens (including phenoxy) is 1. The van der Waals surface area contributed by atoms with Crippen molar-refractivity contribution in [2.45, 2.75) is 11.6 Å². The summed E-state index contributed by atoms with van der Waals surface area (Å²) in [5, 5.41) is 3.00. The second-order valence-electron chi connectivity index (χ2n) is 4.04. The molecule has 0 spiro atoms. The van der Waals surface area contributed by atoms with Gasteiger partial charge in [0.2, 0.25) is 5.09 Å². The molecule has 1 heterocycles. The first-order valence-corrected chi connectivity index (χ1v) is 9.03. The summed E-state index contributed by atoms with van der Waals surface area (Å²) in [6, 6.07) is 3.09. The van der Waals surface area contributed by atoms with Gasteiger partial charge in [0.1, 0.15) is 5.76 Å². The van der Waals surface area contributed by atoms with Crippen LogP contribution in [0.5, 0.6) is 0 Å². The van der Waals surface area contributed by atoms with Crippen molar-refractivity contribution in [1.29, 1.82) is 0 Å². The number of hydrogen-bond acceptors (Lipinski definition) is 6. The molecule has 2 N–H and O–H groups in total. The molecule has 0 aliphatic carbocycles. The minimum atomic E-state index is -3.60. The lowest BCUT2D eigenvalue weighted by molar-refractivity contribution is 0.198. The van der Waals surface area contributed by atoms with Crippen LogP contribution in [0, 0.1) is 12.3 Å². The molecule has 1 aromatic rings. The summed E-state index contributed by atoms with van der Waals surface area (Å²) in [5.41, 5.74) is 0. The molecule has 21 heavy (non-hydrogen) atoms. The molecule has 0 aromatic carbocycles. The smallest absolute Gasteiger partial charge is 0.273 e. The molecule has 0 saturated heterocycles. The summed E-state index contributed by atoms with van der Waals surface area (Å²) in [6.07, 6.45) is 5.11. The first-order valence-electron chi connectivity index (χ1n) is 6.39. The Balaban J connectivity index is 2.41. The monoisotopic (exact) mass is 332 g/mol. The summed E-state index contributed by atoms with van der Waals surface area (Å²) in [7, 11) is -1.98. The van der Waals surface area contributed by atoms with Crippen LogP contribution >= 0.6 is 11.8 Å². The van der Waals surface area contributed by atoms with E-state index in [1.165, 1.54) is 17.8 Å². The fourth-order valence-corrected chi connectivity index (χ4v) is 3.05. The van der Waals surface area contributed by atoms with Crippen LogP contribution in [-0.4, -0.2) is 46.7 Å². The summed E-state index contributed by atoms with van der Waals surface area (Å²) in [6.45, 7) is 2.03. The van der Waals surface area contributed by atoms with Crippen molar-refractivity contribution in [3.05, 3.63) is 17.9 Å². The molecule has 0 aliphatic heterocycles. The lowest BCUT2D eigenvalue weighted by atomic mass is 10.4. The van der Waals surface area contributed by atoms with E-state index < -0.39 is 10.0 Å². The number of thioether (sulfide) groups is 1. The molecule has 0 radical (unpaired) electrons. The average Bonchev–Trinajstić information content (AvgIpc) is 2.93. The Morgan fingerprint density at radius 1 is 1.43 bits per heavy atom. The van der Waals surface area contributed by atoms with Crippen LogP contribution in [0.4, 0.5) is 0 Å². The number of methoxy groups -OCH3 is 1. The van der Waals surface area contributed by atoms with Crippen LogP contribution in [0.15, 0.2) is 21.6 Å². The number of sulfonamides is 1. The molecule has 0 fully saturated rings. The largest absolute Gasteiger partial charge is 0.447 e. The Kier molecular flexibility index (Phi) is 8.49. The van der Waals surface area contributed by atoms with Gasteiger partial charge in [0.15, 0.2) is 0 Å². The second-order valence-corrected chi connectivity index (χ2v) is 6.85. The zero-order valence-electron chi connectivity index (χ0n) is 11.9. The topological polar surface area (TPSA) is 80.6 Å². The second kappa shape index (κ2) is 9.87. The molecule has 0 bridgehead atoms. The number of nitrogens with one attached hydrogen (secondary N) is 2. The summed E-state index contributed by atoms with van der Waals surface area (Å²) < 4.78 is 36.6. The summed E-state index contributed by atoms with van der Waals surface area (Å²) in [4.78, 5) is 0. The van der Waals surface area contributed by atoms with Crippen molar-refractivity contribution in [2.24, 2.45) is 0 Å². The van der Waals surface area contributed by atoms with Gasteiger partial charge in [-0.25, -0.2) is 13.1 Å². The minimum Gasteiger partial charge on any atom is -0.447 e. The van der Waals surface area contributed by atoms with E-state index in [1.54, 1.807) is 13.2 Å². The maximum atomic E-state index is 12.0. The SMILES string of the molecule is C#CCSCCNS(=O)(=O)c1ccc(CNCCOC)o1. The van der Waals surface area contributed by atoms with Gasteiger partial charge >= 0.3 is 0 Å². The van der Waals surface area contributed by atoms with Gasteiger partial charge in [-0.15, -0.1) is 18.2 Å². The predicted octanol–water partition coefficient (Wildman–Crippen LogP) is 0.660. The van der Waals surface area contributed by atoms with Crippen molar-refractivity contribution in [1.82, 2.24) is 10.0 Å². The Hall–Kier alpha value is -0.980. The molecule has 1 aromatic heterocycles. The van der Waals surface area contributed by atoms with Gasteiger partial charge < -0.3 is 14.5 Å². The number of rotatable bonds is 11. The Labute approximate surface area is 130 Å². The fourth-order valence-electron chi connectivity index (χ4n) is 1.43. The lowest BCUT2D eigenvalue weighted by Crippen LogP contribution is -2.25. The van der Waals surface area contributed by atoms with E-state index in [1.807, 2.05) is 0 Å². The highest BCUT2D eigenvalue weighted by molar-refractivity contribution is 7.99. The Morgan fingerprint density at radius 2 is 2.24 bits per heavy atom. The fraction of sp³-hybridized carbons (Fsp3) is 0.538. The first kappa shape index (κ1) is 18.1. The summed E-state index contributed by atoms with van der Waals surface area (Å²) in [5.74, 6) is 4.23. The Morgan fingerprint density at radius 3 is 2.95 bits per heavy atom. The van der Waals surface area contributed by atoms with E-state index in [2.05, 4.69) is 16.0 Å². The number of furan rings is 1. The molecule has 0 atom stereocenters. The average molecular weight is 332 g/mol. The zero-order chi connectivity index (χ0) is 15.6. The Bertz CT molecular complexity index is 549. The van der Waals surface area contributed by atoms with Gasteiger partial charge in [0, 0.05) is 26.0 Å². The highest BCUT2D eigenvalue weighted by atomic mass is 32.2. The van der Waals surface area contributed by atoms with Gasteiger partial charge in [-0.05, 0) is 12.1 Å². The minimum absolute atomic E-state index is 0.0759. The lowest BCUT2D eigenvalue weighted by Gasteiger charge is -2.04. The molecule has 6 nitrogen and oxygen atoms in total. The van der Waals surface area contributed by atoms with Crippen LogP contribution < -0.4 is 10.0 Å². The van der Waals surface area contributed by atoms with E-state index in [-0.39, 0.29) is 5.09 Å². The quantitative estimate of drug-likeness (QED) is 0.458. The molecule has 8 heteroatoms. The van der Waals surface area contributed by atoms with Crippen LogP contribution in [0.2, 0.25) is 0 Å². The zero-order valence-corrected chi connectivity index (χ0v) is 13.6. The highest BCUT2D eigenvalue weighted by Gasteiger charge is 2.17. The molecule has 0 unspecified atom stereocenters. The van der Waals surface area contributed by atoms with Crippen LogP contribution in [0.25, 0.3) is 0 Å². The van der Waals surface area contributed by atoms with Crippen molar-refractivity contribution >= 4 is 21.8 Å². The van der Waals surface area contributed by atoms with Crippen LogP contribution in [0.1, 0.15) is 5.76 Å². The number of terminal acetylenes is 1. The van der Waals surface area contributed by atoms with Gasteiger partial charge in [0.25, 0.3) is 10.0 Å². The third-order valence-corrected chi connectivity index (χ3v) is 4.60. The molecular weight excluding hydrogens is 312 g/mol. The van der Waals surface area contributed by atoms with Gasteiger partial charge in [0.05, 0.1) is 18.9 Å². The van der Waals surface area contributed by atoms with E-state index in [4.69, 9.17) is 15.6 Å². The number of hydrogen-bond donors (Lipinski definition) is 2.